The zero-order valence-electron chi connectivity index (χ0n) is 30.7. The first-order valence-electron chi connectivity index (χ1n) is 17.5. The summed E-state index contributed by atoms with van der Waals surface area (Å²) in [5, 5.41) is 3.22. The van der Waals surface area contributed by atoms with Crippen molar-refractivity contribution in [3.05, 3.63) is 0 Å². The highest BCUT2D eigenvalue weighted by atomic mass is 16.5. The van der Waals surface area contributed by atoms with Crippen molar-refractivity contribution in [2.24, 2.45) is 0 Å². The van der Waals surface area contributed by atoms with E-state index in [4.69, 9.17) is 183 Å². The molecule has 1 saturated heterocycles. The lowest BCUT2D eigenvalue weighted by Crippen LogP contribution is -2.93. The van der Waals surface area contributed by atoms with Gasteiger partial charge in [-0.05, 0) is 19.9 Å². The molecule has 0 unspecified atom stereocenters. The van der Waals surface area contributed by atoms with Gasteiger partial charge in [-0.1, -0.05) is 0 Å². The van der Waals surface area contributed by atoms with Crippen molar-refractivity contribution >= 4 is 312 Å². The zero-order valence-corrected chi connectivity index (χ0v) is 30.7. The second kappa shape index (κ2) is 26.8. The lowest BCUT2D eigenvalue weighted by Gasteiger charge is -2.55. The Morgan fingerprint density at radius 1 is 0.327 bits per heavy atom. The van der Waals surface area contributed by atoms with Gasteiger partial charge >= 0.3 is 0 Å². The van der Waals surface area contributed by atoms with E-state index in [0.717, 1.165) is 13.2 Å². The highest BCUT2D eigenvalue weighted by Crippen LogP contribution is 2.20. The summed E-state index contributed by atoms with van der Waals surface area (Å²) in [4.78, 5) is 0. The molecule has 46 heteroatoms. The van der Waals surface area contributed by atoms with Gasteiger partial charge in [-0.15, -0.1) is 0 Å². The fourth-order valence-electron chi connectivity index (χ4n) is 8.17. The number of nitrogens with one attached hydrogen (secondary N) is 1. The topological polar surface area (TPSA) is 21.3 Å². The molecule has 0 spiro atoms. The molecule has 1 heterocycles. The van der Waals surface area contributed by atoms with E-state index >= 15 is 0 Å². The van der Waals surface area contributed by atoms with Gasteiger partial charge in [-0.25, -0.2) is 0 Å². The molecule has 0 atom stereocenters. The minimum Gasteiger partial charge on any atom is -0.381 e. The number of hydrogen-bond acceptors (Lipinski definition) is 2. The molecule has 1 aliphatic rings. The minimum absolute atomic E-state index is 0.712. The first-order valence-corrected chi connectivity index (χ1v) is 17.5. The largest absolute Gasteiger partial charge is 0.381 e. The van der Waals surface area contributed by atoms with Crippen LogP contribution in [0.3, 0.4) is 0 Å². The Kier molecular flexibility index (Phi) is 28.2. The van der Waals surface area contributed by atoms with Crippen LogP contribution in [0, 0.1) is 0 Å². The van der Waals surface area contributed by atoms with E-state index in [-0.39, 0.29) is 0 Å². The molecule has 0 amide bonds. The van der Waals surface area contributed by atoms with Gasteiger partial charge in [0, 0.05) is 331 Å². The van der Waals surface area contributed by atoms with E-state index in [1.165, 1.54) is 12.8 Å². The third-order valence-corrected chi connectivity index (χ3v) is 10.5. The summed E-state index contributed by atoms with van der Waals surface area (Å²) in [5.41, 5.74) is 0. The molecular formula is C6H13B44NO. The summed E-state index contributed by atoms with van der Waals surface area (Å²) in [6, 6.07) is 0.712. The number of rotatable bonds is 21. The van der Waals surface area contributed by atoms with Crippen molar-refractivity contribution in [1.82, 2.24) is 5.32 Å². The van der Waals surface area contributed by atoms with E-state index < -0.39 is 134 Å². The lowest BCUT2D eigenvalue weighted by molar-refractivity contribution is 0.0799. The van der Waals surface area contributed by atoms with E-state index in [2.05, 4.69) is 5.32 Å². The SMILES string of the molecule is CNC1CCOCC1.[B]B([B])B([B])B(B(B([B])[B])B([B])[B])B(B(B(B([B])[B])B([B])[B])B(B([B])[B])B([B])[B])B(B(B([B])[B])B([B])[B])B(B([B])[B])B([B])[B]. The fraction of sp³-hybridized carbons (Fsp3) is 1.00. The molecule has 0 aromatic carbocycles. The first-order chi connectivity index (χ1) is 23.9. The Hall–Kier alpha value is 2.78. The maximum Gasteiger partial charge on any atom is 0.0480 e. The van der Waals surface area contributed by atoms with Crippen LogP contribution in [0.15, 0.2) is 0 Å². The third-order valence-electron chi connectivity index (χ3n) is 10.5. The second-order valence-electron chi connectivity index (χ2n) is 14.3. The Bertz CT molecular complexity index is 777. The van der Waals surface area contributed by atoms with E-state index in [0.29, 0.717) is 6.04 Å². The number of hydrogen-bond donors (Lipinski definition) is 1. The molecule has 0 aromatic heterocycles. The van der Waals surface area contributed by atoms with Crippen molar-refractivity contribution in [3.63, 3.8) is 0 Å². The van der Waals surface area contributed by atoms with Crippen LogP contribution in [0.4, 0.5) is 0 Å². The summed E-state index contributed by atoms with van der Waals surface area (Å²) in [7, 11) is 147. The summed E-state index contributed by atoms with van der Waals surface area (Å²) in [6.45, 7) is 1.87. The minimum atomic E-state index is -1.27. The lowest BCUT2D eigenvalue weighted by atomic mass is 8.26. The molecule has 1 fully saturated rings. The second-order valence-corrected chi connectivity index (χ2v) is 14.3. The summed E-state index contributed by atoms with van der Waals surface area (Å²) < 4.78 is 5.16. The normalized spacial score (nSPS) is 11.8. The highest BCUT2D eigenvalue weighted by molar-refractivity contribution is 8.33. The fourth-order valence-corrected chi connectivity index (χ4v) is 8.17. The molecule has 0 saturated carbocycles. The molecule has 0 bridgehead atoms. The Labute approximate surface area is 358 Å². The summed E-state index contributed by atoms with van der Waals surface area (Å²) >= 11 is 0. The molecule has 2 nitrogen and oxygen atoms in total. The van der Waals surface area contributed by atoms with Crippen LogP contribution in [0.1, 0.15) is 12.8 Å². The van der Waals surface area contributed by atoms with Gasteiger partial charge in [0.1, 0.15) is 0 Å². The maximum atomic E-state index is 6.75. The van der Waals surface area contributed by atoms with Crippen LogP contribution in [-0.4, -0.2) is 338 Å². The van der Waals surface area contributed by atoms with Gasteiger partial charge in [-0.3, -0.25) is 0 Å². The Balaban J connectivity index is 0.00000283. The molecule has 46 radical (unpaired) electrons. The van der Waals surface area contributed by atoms with E-state index in [9.17, 15) is 0 Å². The van der Waals surface area contributed by atoms with Crippen LogP contribution in [0.2, 0.25) is 0 Å². The van der Waals surface area contributed by atoms with Gasteiger partial charge in [-0.2, -0.15) is 0 Å². The van der Waals surface area contributed by atoms with Gasteiger partial charge in [0.15, 0.2) is 0 Å². The van der Waals surface area contributed by atoms with Crippen LogP contribution in [0.5, 0.6) is 0 Å². The van der Waals surface area contributed by atoms with Crippen LogP contribution < -0.4 is 5.32 Å². The predicted molar refractivity (Wildman–Crippen MR) is 286 cm³/mol. The van der Waals surface area contributed by atoms with Gasteiger partial charge < -0.3 is 10.1 Å². The van der Waals surface area contributed by atoms with Crippen LogP contribution in [0.25, 0.3) is 0 Å². The zero-order chi connectivity index (χ0) is 40.9. The van der Waals surface area contributed by atoms with E-state index in [1.54, 1.807) is 0 Å². The van der Waals surface area contributed by atoms with Crippen molar-refractivity contribution in [2.75, 3.05) is 20.3 Å². The molecular weight excluding hydrogens is 578 g/mol. The van der Waals surface area contributed by atoms with Gasteiger partial charge in [0.25, 0.3) is 0 Å². The molecule has 1 N–H and O–H groups in total. The predicted octanol–water partition coefficient (Wildman–Crippen LogP) is -16.4. The van der Waals surface area contributed by atoms with Crippen molar-refractivity contribution < 1.29 is 4.74 Å². The summed E-state index contributed by atoms with van der Waals surface area (Å²) in [6.07, 6.45) is -23.0. The standard InChI is InChI=1S/C6H13NO.B44/c1-7-6-2-4-8-5-3-6;1-24(2)35(23)41(36(25(3)4)26(5)6)44(42(37(27(7)8)28(9)10)38(29(11)12)30(13)14)43(39(31(15)16)32(17)18)40(33(19)20)34(21)22/h6-7H,2-5H2,1H3;. The molecule has 0 aliphatic carbocycles. The average Bonchev–Trinajstić information content (AvgIpc) is 2.99. The number of ether oxygens (including phenoxy) is 1. The van der Waals surface area contributed by atoms with Crippen molar-refractivity contribution in [2.45, 2.75) is 18.9 Å². The van der Waals surface area contributed by atoms with Gasteiger partial charge in [0.2, 0.25) is 0 Å². The smallest absolute Gasteiger partial charge is 0.0480 e. The molecule has 1 aliphatic heterocycles. The first kappa shape index (κ1) is 54.8. The van der Waals surface area contributed by atoms with Crippen molar-refractivity contribution in [3.8, 4) is 0 Å². The molecule has 180 valence electrons. The highest BCUT2D eigenvalue weighted by Gasteiger charge is 2.58. The molecule has 52 heavy (non-hydrogen) atoms. The van der Waals surface area contributed by atoms with Crippen molar-refractivity contribution in [1.29, 1.82) is 0 Å². The monoisotopic (exact) mass is 600 g/mol. The maximum absolute atomic E-state index is 6.75. The quantitative estimate of drug-likeness (QED) is 0.134. The molecule has 1 rings (SSSR count). The van der Waals surface area contributed by atoms with Crippen LogP contribution in [-0.2, 0) is 4.74 Å². The average molecular weight is 591 g/mol. The molecule has 0 aromatic rings. The Morgan fingerprint density at radius 2 is 0.538 bits per heavy atom. The van der Waals surface area contributed by atoms with E-state index in [1.807, 2.05) is 7.05 Å². The van der Waals surface area contributed by atoms with Gasteiger partial charge in [0.05, 0.1) is 0 Å². The summed E-state index contributed by atoms with van der Waals surface area (Å²) in [5.74, 6) is 0. The Morgan fingerprint density at radius 3 is 0.712 bits per heavy atom. The van der Waals surface area contributed by atoms with Crippen LogP contribution >= 0.6 is 0 Å². The third kappa shape index (κ3) is 16.4.